The highest BCUT2D eigenvalue weighted by molar-refractivity contribution is 7.98. The summed E-state index contributed by atoms with van der Waals surface area (Å²) in [6.45, 7) is 0.456. The van der Waals surface area contributed by atoms with Crippen LogP contribution in [0.25, 0.3) is 0 Å². The van der Waals surface area contributed by atoms with Crippen molar-refractivity contribution in [2.45, 2.75) is 4.90 Å². The number of rotatable bonds is 5. The highest BCUT2D eigenvalue weighted by Gasteiger charge is 2.22. The number of hydrogen-bond donors (Lipinski definition) is 1. The Morgan fingerprint density at radius 2 is 2.25 bits per heavy atom. The van der Waals surface area contributed by atoms with Crippen LogP contribution in [0.1, 0.15) is 0 Å². The van der Waals surface area contributed by atoms with Gasteiger partial charge in [0.05, 0.1) is 5.69 Å². The Hall–Kier alpha value is -0.790. The van der Waals surface area contributed by atoms with Gasteiger partial charge in [-0.3, -0.25) is 4.98 Å². The molecule has 0 saturated heterocycles. The van der Waals surface area contributed by atoms with E-state index in [1.165, 1.54) is 29.8 Å². The number of pyridine rings is 1. The van der Waals surface area contributed by atoms with Crippen molar-refractivity contribution < 1.29 is 8.42 Å². The Kier molecular flexibility index (Phi) is 4.57. The van der Waals surface area contributed by atoms with Crippen molar-refractivity contribution in [3.63, 3.8) is 0 Å². The molecule has 5 nitrogen and oxygen atoms in total. The average Bonchev–Trinajstić information content (AvgIpc) is 2.26. The van der Waals surface area contributed by atoms with Crippen LogP contribution in [-0.4, -0.2) is 43.3 Å². The Balaban J connectivity index is 2.98. The molecular weight excluding hydrogens is 246 g/mol. The molecule has 0 unspecified atom stereocenters. The summed E-state index contributed by atoms with van der Waals surface area (Å²) < 4.78 is 25.4. The number of anilines is 1. The van der Waals surface area contributed by atoms with Crippen LogP contribution in [0, 0.1) is 0 Å². The number of thioether (sulfide) groups is 1. The van der Waals surface area contributed by atoms with Gasteiger partial charge in [0.2, 0.25) is 10.0 Å². The van der Waals surface area contributed by atoms with Crippen LogP contribution in [0.5, 0.6) is 0 Å². The summed E-state index contributed by atoms with van der Waals surface area (Å²) >= 11 is 1.59. The highest BCUT2D eigenvalue weighted by Crippen LogP contribution is 2.19. The monoisotopic (exact) mass is 261 g/mol. The molecule has 7 heteroatoms. The fourth-order valence-corrected chi connectivity index (χ4v) is 2.91. The van der Waals surface area contributed by atoms with Crippen molar-refractivity contribution in [3.8, 4) is 0 Å². The molecule has 16 heavy (non-hydrogen) atoms. The van der Waals surface area contributed by atoms with E-state index in [2.05, 4.69) is 4.98 Å². The van der Waals surface area contributed by atoms with Gasteiger partial charge in [0.15, 0.2) is 0 Å². The first-order chi connectivity index (χ1) is 7.50. The van der Waals surface area contributed by atoms with Crippen LogP contribution < -0.4 is 5.73 Å². The molecule has 0 bridgehead atoms. The van der Waals surface area contributed by atoms with Gasteiger partial charge in [-0.05, 0) is 12.3 Å². The first kappa shape index (κ1) is 13.3. The zero-order chi connectivity index (χ0) is 12.2. The molecule has 1 heterocycles. The van der Waals surface area contributed by atoms with E-state index >= 15 is 0 Å². The van der Waals surface area contributed by atoms with Gasteiger partial charge in [-0.1, -0.05) is 0 Å². The Bertz CT molecular complexity index is 448. The standard InChI is InChI=1S/C9H15N3O2S2/c1-12(5-6-15-2)16(13,14)9-7-11-4-3-8(9)10/h3-4,7H,5-6H2,1-2H3,(H2,10,11). The Morgan fingerprint density at radius 1 is 1.56 bits per heavy atom. The van der Waals surface area contributed by atoms with E-state index in [1.54, 1.807) is 11.8 Å². The molecule has 0 radical (unpaired) electrons. The van der Waals surface area contributed by atoms with Gasteiger partial charge in [-0.15, -0.1) is 0 Å². The molecule has 90 valence electrons. The number of nitrogen functional groups attached to an aromatic ring is 1. The lowest BCUT2D eigenvalue weighted by atomic mass is 10.4. The summed E-state index contributed by atoms with van der Waals surface area (Å²) in [5, 5.41) is 0. The molecule has 0 amide bonds. The lowest BCUT2D eigenvalue weighted by Gasteiger charge is -2.17. The zero-order valence-electron chi connectivity index (χ0n) is 9.25. The molecule has 2 N–H and O–H groups in total. The summed E-state index contributed by atoms with van der Waals surface area (Å²) in [6.07, 6.45) is 4.68. The molecule has 0 atom stereocenters. The van der Waals surface area contributed by atoms with Crippen molar-refractivity contribution in [2.75, 3.05) is 31.3 Å². The van der Waals surface area contributed by atoms with Gasteiger partial charge in [-0.25, -0.2) is 8.42 Å². The second kappa shape index (κ2) is 5.51. The van der Waals surface area contributed by atoms with Crippen LogP contribution in [-0.2, 0) is 10.0 Å². The highest BCUT2D eigenvalue weighted by atomic mass is 32.2. The van der Waals surface area contributed by atoms with Crippen LogP contribution >= 0.6 is 11.8 Å². The maximum atomic E-state index is 12.1. The van der Waals surface area contributed by atoms with Crippen molar-refractivity contribution in [1.29, 1.82) is 0 Å². The summed E-state index contributed by atoms with van der Waals surface area (Å²) in [5.41, 5.74) is 5.85. The summed E-state index contributed by atoms with van der Waals surface area (Å²) in [4.78, 5) is 3.85. The number of nitrogens with zero attached hydrogens (tertiary/aromatic N) is 2. The van der Waals surface area contributed by atoms with Gasteiger partial charge in [0.25, 0.3) is 0 Å². The summed E-state index contributed by atoms with van der Waals surface area (Å²) in [6, 6.07) is 1.48. The molecule has 0 spiro atoms. The number of sulfonamides is 1. The minimum atomic E-state index is -3.51. The van der Waals surface area contributed by atoms with Gasteiger partial charge >= 0.3 is 0 Å². The smallest absolute Gasteiger partial charge is 0.246 e. The van der Waals surface area contributed by atoms with Crippen LogP contribution in [0.15, 0.2) is 23.4 Å². The predicted octanol–water partition coefficient (Wildman–Crippen LogP) is 0.647. The third kappa shape index (κ3) is 2.87. The summed E-state index contributed by atoms with van der Waals surface area (Å²) in [7, 11) is -1.97. The van der Waals surface area contributed by atoms with Crippen LogP contribution in [0.3, 0.4) is 0 Å². The third-order valence-corrected chi connectivity index (χ3v) is 4.61. The molecule has 0 aromatic carbocycles. The zero-order valence-corrected chi connectivity index (χ0v) is 10.9. The largest absolute Gasteiger partial charge is 0.398 e. The van der Waals surface area contributed by atoms with Gasteiger partial charge in [-0.2, -0.15) is 16.1 Å². The molecule has 1 aromatic rings. The van der Waals surface area contributed by atoms with E-state index in [1.807, 2.05) is 6.26 Å². The van der Waals surface area contributed by atoms with E-state index in [4.69, 9.17) is 5.73 Å². The van der Waals surface area contributed by atoms with Crippen molar-refractivity contribution in [3.05, 3.63) is 18.5 Å². The first-order valence-corrected chi connectivity index (χ1v) is 7.48. The Labute approximate surface area is 100 Å². The second-order valence-electron chi connectivity index (χ2n) is 3.23. The maximum Gasteiger partial charge on any atom is 0.246 e. The van der Waals surface area contributed by atoms with E-state index in [0.717, 1.165) is 5.75 Å². The van der Waals surface area contributed by atoms with Crippen LogP contribution in [0.2, 0.25) is 0 Å². The van der Waals surface area contributed by atoms with Gasteiger partial charge in [0, 0.05) is 31.7 Å². The van der Waals surface area contributed by atoms with E-state index in [0.29, 0.717) is 6.54 Å². The fourth-order valence-electron chi connectivity index (χ4n) is 1.11. The fraction of sp³-hybridized carbons (Fsp3) is 0.444. The lowest BCUT2D eigenvalue weighted by molar-refractivity contribution is 0.488. The summed E-state index contributed by atoms with van der Waals surface area (Å²) in [5.74, 6) is 0.746. The minimum Gasteiger partial charge on any atom is -0.398 e. The minimum absolute atomic E-state index is 0.0682. The molecule has 1 rings (SSSR count). The molecule has 0 aliphatic carbocycles. The normalized spacial score (nSPS) is 11.9. The molecule has 0 aliphatic heterocycles. The molecule has 0 aliphatic rings. The lowest BCUT2D eigenvalue weighted by Crippen LogP contribution is -2.29. The van der Waals surface area contributed by atoms with Crippen molar-refractivity contribution >= 4 is 27.5 Å². The molecule has 0 saturated carbocycles. The van der Waals surface area contributed by atoms with Crippen molar-refractivity contribution in [1.82, 2.24) is 9.29 Å². The molecule has 1 aromatic heterocycles. The average molecular weight is 261 g/mol. The van der Waals surface area contributed by atoms with Gasteiger partial charge < -0.3 is 5.73 Å². The third-order valence-electron chi connectivity index (χ3n) is 2.11. The first-order valence-electron chi connectivity index (χ1n) is 4.65. The molecular formula is C9H15N3O2S2. The SMILES string of the molecule is CSCCN(C)S(=O)(=O)c1cnccc1N. The Morgan fingerprint density at radius 3 is 2.81 bits per heavy atom. The number of aromatic nitrogens is 1. The predicted molar refractivity (Wildman–Crippen MR) is 66.8 cm³/mol. The topological polar surface area (TPSA) is 76.3 Å². The maximum absolute atomic E-state index is 12.1. The van der Waals surface area contributed by atoms with Gasteiger partial charge in [0.1, 0.15) is 4.90 Å². The van der Waals surface area contributed by atoms with Crippen molar-refractivity contribution in [2.24, 2.45) is 0 Å². The second-order valence-corrected chi connectivity index (χ2v) is 6.23. The quantitative estimate of drug-likeness (QED) is 0.842. The van der Waals surface area contributed by atoms with Crippen LogP contribution in [0.4, 0.5) is 5.69 Å². The van der Waals surface area contributed by atoms with E-state index < -0.39 is 10.0 Å². The van der Waals surface area contributed by atoms with E-state index in [-0.39, 0.29) is 10.6 Å². The molecule has 0 fully saturated rings. The number of nitrogens with two attached hydrogens (primary N) is 1. The number of hydrogen-bond acceptors (Lipinski definition) is 5. The van der Waals surface area contributed by atoms with E-state index in [9.17, 15) is 8.42 Å².